The summed E-state index contributed by atoms with van der Waals surface area (Å²) >= 11 is 18.7. The molecule has 27 heavy (non-hydrogen) atoms. The highest BCUT2D eigenvalue weighted by Crippen LogP contribution is 2.33. The number of halogens is 6. The maximum atomic E-state index is 13.0. The molecule has 1 N–H and O–H groups in total. The van der Waals surface area contributed by atoms with E-state index in [1.54, 1.807) is 18.2 Å². The molecule has 0 saturated heterocycles. The summed E-state index contributed by atoms with van der Waals surface area (Å²) < 4.78 is 40.0. The first-order valence-corrected chi connectivity index (χ1v) is 9.27. The third-order valence-electron chi connectivity index (χ3n) is 3.32. The van der Waals surface area contributed by atoms with Crippen molar-refractivity contribution in [3.05, 3.63) is 51.1 Å². The van der Waals surface area contributed by atoms with Gasteiger partial charge in [0.25, 0.3) is 0 Å². The topological polar surface area (TPSA) is 59.3 Å². The highest BCUT2D eigenvalue weighted by atomic mass is 35.5. The van der Waals surface area contributed by atoms with E-state index in [0.717, 1.165) is 28.4 Å². The molecule has 0 unspecified atom stereocenters. The van der Waals surface area contributed by atoms with Gasteiger partial charge in [0.05, 0.1) is 32.1 Å². The summed E-state index contributed by atoms with van der Waals surface area (Å²) in [5.41, 5.74) is -0.643. The molecule has 0 atom stereocenters. The van der Waals surface area contributed by atoms with Crippen molar-refractivity contribution in [1.29, 1.82) is 0 Å². The van der Waals surface area contributed by atoms with E-state index in [-0.39, 0.29) is 37.3 Å². The molecule has 0 bridgehead atoms. The van der Waals surface area contributed by atoms with Crippen molar-refractivity contribution in [3.8, 4) is 0 Å². The SMILES string of the molecule is O=C(CSc1nnc2c(Cl)cc(C(F)(F)F)cn12)Nc1c(Cl)cccc1Cl. The lowest BCUT2D eigenvalue weighted by Gasteiger charge is -2.09. The Morgan fingerprint density at radius 1 is 1.15 bits per heavy atom. The van der Waals surface area contributed by atoms with Gasteiger partial charge in [-0.2, -0.15) is 13.2 Å². The highest BCUT2D eigenvalue weighted by molar-refractivity contribution is 7.99. The summed E-state index contributed by atoms with van der Waals surface area (Å²) in [5, 5.41) is 10.5. The van der Waals surface area contributed by atoms with Gasteiger partial charge in [-0.15, -0.1) is 10.2 Å². The summed E-state index contributed by atoms with van der Waals surface area (Å²) in [6.07, 6.45) is -3.76. The Bertz CT molecular complexity index is 1010. The minimum absolute atomic E-state index is 0.0572. The number of nitrogens with zero attached hydrogens (tertiary/aromatic N) is 3. The van der Waals surface area contributed by atoms with Crippen molar-refractivity contribution in [3.63, 3.8) is 0 Å². The predicted molar refractivity (Wildman–Crippen MR) is 98.8 cm³/mol. The van der Waals surface area contributed by atoms with E-state index in [0.29, 0.717) is 0 Å². The lowest BCUT2D eigenvalue weighted by atomic mass is 10.3. The van der Waals surface area contributed by atoms with Crippen LogP contribution >= 0.6 is 46.6 Å². The molecule has 3 aromatic rings. The number of amides is 1. The van der Waals surface area contributed by atoms with E-state index in [2.05, 4.69) is 15.5 Å². The number of nitrogens with one attached hydrogen (secondary N) is 1. The van der Waals surface area contributed by atoms with Gasteiger partial charge in [0.1, 0.15) is 0 Å². The lowest BCUT2D eigenvalue weighted by Crippen LogP contribution is -2.15. The predicted octanol–water partition coefficient (Wildman–Crippen LogP) is 5.44. The number of pyridine rings is 1. The normalized spacial score (nSPS) is 11.8. The van der Waals surface area contributed by atoms with Crippen molar-refractivity contribution < 1.29 is 18.0 Å². The first-order valence-electron chi connectivity index (χ1n) is 7.15. The van der Waals surface area contributed by atoms with Gasteiger partial charge >= 0.3 is 6.18 Å². The van der Waals surface area contributed by atoms with Crippen LogP contribution in [0.3, 0.4) is 0 Å². The number of carbonyl (C=O) groups excluding carboxylic acids is 1. The summed E-state index contributed by atoms with van der Waals surface area (Å²) in [6, 6.07) is 5.51. The number of para-hydroxylation sites is 1. The number of thioether (sulfide) groups is 1. The third-order valence-corrected chi connectivity index (χ3v) is 5.17. The molecule has 0 aliphatic rings. The molecular weight excluding hydrogens is 448 g/mol. The maximum absolute atomic E-state index is 13.0. The second-order valence-electron chi connectivity index (χ2n) is 5.18. The van der Waals surface area contributed by atoms with Gasteiger partial charge in [-0.25, -0.2) is 0 Å². The van der Waals surface area contributed by atoms with Crippen LogP contribution in [0.25, 0.3) is 5.65 Å². The fourth-order valence-corrected chi connectivity index (χ4v) is 3.56. The molecule has 1 aromatic carbocycles. The number of benzene rings is 1. The molecular formula is C15H8Cl3F3N4OS. The molecule has 0 spiro atoms. The maximum Gasteiger partial charge on any atom is 0.417 e. The van der Waals surface area contributed by atoms with Crippen LogP contribution in [0.4, 0.5) is 18.9 Å². The first-order chi connectivity index (χ1) is 12.7. The molecule has 0 radical (unpaired) electrons. The van der Waals surface area contributed by atoms with Crippen LogP contribution in [0.15, 0.2) is 35.6 Å². The van der Waals surface area contributed by atoms with Gasteiger partial charge in [0.15, 0.2) is 10.8 Å². The summed E-state index contributed by atoms with van der Waals surface area (Å²) in [5.74, 6) is -0.624. The van der Waals surface area contributed by atoms with Crippen LogP contribution in [0, 0.1) is 0 Å². The summed E-state index contributed by atoms with van der Waals surface area (Å²) in [7, 11) is 0. The van der Waals surface area contributed by atoms with E-state index < -0.39 is 17.6 Å². The zero-order chi connectivity index (χ0) is 19.8. The molecule has 3 rings (SSSR count). The zero-order valence-corrected chi connectivity index (χ0v) is 16.1. The summed E-state index contributed by atoms with van der Waals surface area (Å²) in [6.45, 7) is 0. The van der Waals surface area contributed by atoms with Crippen LogP contribution < -0.4 is 5.32 Å². The largest absolute Gasteiger partial charge is 0.417 e. The van der Waals surface area contributed by atoms with Gasteiger partial charge < -0.3 is 5.32 Å². The van der Waals surface area contributed by atoms with Gasteiger partial charge in [-0.05, 0) is 18.2 Å². The van der Waals surface area contributed by atoms with Crippen LogP contribution in [-0.2, 0) is 11.0 Å². The second-order valence-corrected chi connectivity index (χ2v) is 7.35. The van der Waals surface area contributed by atoms with Crippen molar-refractivity contribution in [2.75, 3.05) is 11.1 Å². The number of rotatable bonds is 4. The Labute approximate surface area is 169 Å². The zero-order valence-electron chi connectivity index (χ0n) is 13.0. The van der Waals surface area contributed by atoms with E-state index >= 15 is 0 Å². The van der Waals surface area contributed by atoms with E-state index in [1.807, 2.05) is 0 Å². The Balaban J connectivity index is 1.79. The molecule has 0 aliphatic heterocycles. The van der Waals surface area contributed by atoms with Gasteiger partial charge in [0.2, 0.25) is 5.91 Å². The Morgan fingerprint density at radius 3 is 2.44 bits per heavy atom. The first kappa shape index (κ1) is 20.1. The van der Waals surface area contributed by atoms with Crippen LogP contribution in [0.5, 0.6) is 0 Å². The van der Waals surface area contributed by atoms with Crippen molar-refractivity contribution in [1.82, 2.24) is 14.6 Å². The number of anilines is 1. The van der Waals surface area contributed by atoms with E-state index in [1.165, 1.54) is 0 Å². The number of hydrogen-bond acceptors (Lipinski definition) is 4. The Kier molecular flexibility index (Phi) is 5.76. The summed E-state index contributed by atoms with van der Waals surface area (Å²) in [4.78, 5) is 12.1. The Morgan fingerprint density at radius 2 is 1.81 bits per heavy atom. The number of aromatic nitrogens is 3. The standard InChI is InChI=1S/C15H8Cl3F3N4OS/c16-8-2-1-3-9(17)12(8)22-11(26)6-27-14-24-23-13-10(18)4-7(5-25(13)14)15(19,20)21/h1-5H,6H2,(H,22,26). The minimum Gasteiger partial charge on any atom is -0.323 e. The molecule has 0 saturated carbocycles. The van der Waals surface area contributed by atoms with Crippen molar-refractivity contribution in [2.24, 2.45) is 0 Å². The molecule has 0 aliphatic carbocycles. The smallest absolute Gasteiger partial charge is 0.323 e. The van der Waals surface area contributed by atoms with Gasteiger partial charge in [-0.1, -0.05) is 52.6 Å². The molecule has 1 amide bonds. The molecule has 142 valence electrons. The third kappa shape index (κ3) is 4.43. The molecule has 2 heterocycles. The second kappa shape index (κ2) is 7.75. The lowest BCUT2D eigenvalue weighted by molar-refractivity contribution is -0.137. The van der Waals surface area contributed by atoms with Gasteiger partial charge in [-0.3, -0.25) is 9.20 Å². The van der Waals surface area contributed by atoms with Crippen LogP contribution in [0.1, 0.15) is 5.56 Å². The van der Waals surface area contributed by atoms with Crippen LogP contribution in [0.2, 0.25) is 15.1 Å². The van der Waals surface area contributed by atoms with Crippen molar-refractivity contribution >= 4 is 63.8 Å². The molecule has 0 fully saturated rings. The monoisotopic (exact) mass is 454 g/mol. The number of alkyl halides is 3. The fourth-order valence-electron chi connectivity index (χ4n) is 2.11. The molecule has 2 aromatic heterocycles. The molecule has 5 nitrogen and oxygen atoms in total. The number of carbonyl (C=O) groups is 1. The van der Waals surface area contributed by atoms with E-state index in [9.17, 15) is 18.0 Å². The number of fused-ring (bicyclic) bond motifs is 1. The average molecular weight is 456 g/mol. The number of hydrogen-bond donors (Lipinski definition) is 1. The minimum atomic E-state index is -4.58. The van der Waals surface area contributed by atoms with E-state index in [4.69, 9.17) is 34.8 Å². The molecule has 12 heteroatoms. The quantitative estimate of drug-likeness (QED) is 0.532. The fraction of sp³-hybridized carbons (Fsp3) is 0.133. The van der Waals surface area contributed by atoms with Crippen molar-refractivity contribution in [2.45, 2.75) is 11.3 Å². The Hall–Kier alpha value is -1.68. The van der Waals surface area contributed by atoms with Crippen LogP contribution in [-0.4, -0.2) is 26.3 Å². The average Bonchev–Trinajstić information content (AvgIpc) is 2.99. The highest BCUT2D eigenvalue weighted by Gasteiger charge is 2.32. The van der Waals surface area contributed by atoms with Gasteiger partial charge in [0, 0.05) is 6.20 Å².